The van der Waals surface area contributed by atoms with Crippen LogP contribution in [-0.2, 0) is 20.6 Å². The van der Waals surface area contributed by atoms with Crippen LogP contribution in [0.2, 0.25) is 5.02 Å². The molecule has 1 aromatic heterocycles. The lowest BCUT2D eigenvalue weighted by atomic mass is 10.2. The molecule has 0 spiro atoms. The number of nitrogens with zero attached hydrogens (tertiary/aromatic N) is 1. The lowest BCUT2D eigenvalue weighted by molar-refractivity contribution is -0.121. The lowest BCUT2D eigenvalue weighted by Crippen LogP contribution is -2.33. The van der Waals surface area contributed by atoms with Gasteiger partial charge in [0.2, 0.25) is 15.9 Å². The molecule has 6 nitrogen and oxygen atoms in total. The van der Waals surface area contributed by atoms with Crippen LogP contribution in [0, 0.1) is 6.92 Å². The monoisotopic (exact) mass is 444 g/mol. The highest BCUT2D eigenvalue weighted by Gasteiger charge is 2.20. The van der Waals surface area contributed by atoms with Crippen LogP contribution in [0.3, 0.4) is 0 Å². The minimum atomic E-state index is -3.47. The first-order valence-electron chi connectivity index (χ1n) is 8.88. The van der Waals surface area contributed by atoms with Crippen LogP contribution in [0.25, 0.3) is 0 Å². The van der Waals surface area contributed by atoms with Crippen molar-refractivity contribution in [2.24, 2.45) is 0 Å². The van der Waals surface area contributed by atoms with Gasteiger partial charge in [-0.25, -0.2) is 8.42 Å². The zero-order valence-electron chi connectivity index (χ0n) is 16.0. The quantitative estimate of drug-likeness (QED) is 0.532. The number of sulfonamides is 1. The van der Waals surface area contributed by atoms with Gasteiger partial charge >= 0.3 is 0 Å². The average Bonchev–Trinajstić information content (AvgIpc) is 3.14. The number of carbonyl (C=O) groups excluding carboxylic acids is 1. The Morgan fingerprint density at radius 3 is 2.75 bits per heavy atom. The first kappa shape index (κ1) is 22.6. The van der Waals surface area contributed by atoms with E-state index in [1.54, 1.807) is 43.1 Å². The number of hydrogen-bond acceptors (Lipinski definition) is 5. The highest BCUT2D eigenvalue weighted by molar-refractivity contribution is 7.98. The first-order chi connectivity index (χ1) is 13.3. The molecular weight excluding hydrogens is 420 g/mol. The van der Waals surface area contributed by atoms with E-state index >= 15 is 0 Å². The van der Waals surface area contributed by atoms with Gasteiger partial charge in [0, 0.05) is 30.3 Å². The van der Waals surface area contributed by atoms with Gasteiger partial charge in [-0.15, -0.1) is 0 Å². The van der Waals surface area contributed by atoms with Gasteiger partial charge in [-0.05, 0) is 43.2 Å². The molecule has 0 fully saturated rings. The molecule has 0 bridgehead atoms. The van der Waals surface area contributed by atoms with Gasteiger partial charge < -0.3 is 9.73 Å². The Morgan fingerprint density at radius 2 is 2.07 bits per heavy atom. The van der Waals surface area contributed by atoms with Crippen LogP contribution in [0.15, 0.2) is 41.0 Å². The predicted molar refractivity (Wildman–Crippen MR) is 115 cm³/mol. The van der Waals surface area contributed by atoms with E-state index in [4.69, 9.17) is 16.0 Å². The maximum atomic E-state index is 12.2. The number of halogens is 1. The van der Waals surface area contributed by atoms with Crippen LogP contribution in [0.5, 0.6) is 0 Å². The van der Waals surface area contributed by atoms with Crippen molar-refractivity contribution in [3.05, 3.63) is 52.9 Å². The van der Waals surface area contributed by atoms with E-state index in [2.05, 4.69) is 5.32 Å². The van der Waals surface area contributed by atoms with Crippen LogP contribution in [0.4, 0.5) is 5.69 Å². The summed E-state index contributed by atoms with van der Waals surface area (Å²) in [5.74, 6) is 2.37. The second-order valence-electron chi connectivity index (χ2n) is 6.30. The number of amides is 1. The highest BCUT2D eigenvalue weighted by atomic mass is 35.5. The van der Waals surface area contributed by atoms with Gasteiger partial charge in [-0.3, -0.25) is 9.10 Å². The van der Waals surface area contributed by atoms with Crippen molar-refractivity contribution in [2.75, 3.05) is 29.4 Å². The van der Waals surface area contributed by atoms with Crippen molar-refractivity contribution in [3.8, 4) is 0 Å². The summed E-state index contributed by atoms with van der Waals surface area (Å²) in [5, 5.41) is 3.37. The largest absolute Gasteiger partial charge is 0.468 e. The Hall–Kier alpha value is -1.64. The molecule has 28 heavy (non-hydrogen) atoms. The molecule has 0 aliphatic rings. The normalized spacial score (nSPS) is 11.4. The fraction of sp³-hybridized carbons (Fsp3) is 0.421. The van der Waals surface area contributed by atoms with Crippen molar-refractivity contribution >= 4 is 45.0 Å². The maximum Gasteiger partial charge on any atom is 0.232 e. The van der Waals surface area contributed by atoms with Gasteiger partial charge in [0.05, 0.1) is 24.0 Å². The molecule has 154 valence electrons. The average molecular weight is 445 g/mol. The van der Waals surface area contributed by atoms with E-state index in [0.29, 0.717) is 29.2 Å². The number of rotatable bonds is 11. The van der Waals surface area contributed by atoms with Gasteiger partial charge in [-0.2, -0.15) is 11.8 Å². The first-order valence-corrected chi connectivity index (χ1v) is 12.3. The molecule has 1 heterocycles. The van der Waals surface area contributed by atoms with Gasteiger partial charge in [-0.1, -0.05) is 17.7 Å². The smallest absolute Gasteiger partial charge is 0.232 e. The maximum absolute atomic E-state index is 12.2. The zero-order valence-corrected chi connectivity index (χ0v) is 18.4. The van der Waals surface area contributed by atoms with Crippen molar-refractivity contribution in [1.82, 2.24) is 5.32 Å². The number of nitrogens with one attached hydrogen (secondary N) is 1. The van der Waals surface area contributed by atoms with Gasteiger partial charge in [0.15, 0.2) is 0 Å². The second kappa shape index (κ2) is 10.8. The molecule has 0 aliphatic carbocycles. The van der Waals surface area contributed by atoms with E-state index in [1.165, 1.54) is 4.31 Å². The molecular formula is C19H25ClN2O4S2. The van der Waals surface area contributed by atoms with Crippen molar-refractivity contribution < 1.29 is 17.6 Å². The number of carbonyl (C=O) groups is 1. The molecule has 1 amide bonds. The number of furan rings is 1. The number of thioether (sulfide) groups is 1. The Bertz CT molecular complexity index is 870. The lowest BCUT2D eigenvalue weighted by Gasteiger charge is -2.24. The van der Waals surface area contributed by atoms with Crippen molar-refractivity contribution in [1.29, 1.82) is 0 Å². The Morgan fingerprint density at radius 1 is 1.29 bits per heavy atom. The van der Waals surface area contributed by atoms with E-state index < -0.39 is 10.0 Å². The van der Waals surface area contributed by atoms with E-state index in [9.17, 15) is 13.2 Å². The number of anilines is 1. The summed E-state index contributed by atoms with van der Waals surface area (Å²) in [6.07, 6.45) is 3.48. The standard InChI is InChI=1S/C19H25ClN2O4S2/c1-15-17(20)7-3-8-18(15)22(28(2,24)25)11-4-9-19(23)21-10-13-27-14-16-6-5-12-26-16/h3,5-8,12H,4,9-11,13-14H2,1-2H3,(H,21,23). The van der Waals surface area contributed by atoms with Crippen LogP contribution in [-0.4, -0.2) is 39.4 Å². The zero-order chi connectivity index (χ0) is 20.6. The van der Waals surface area contributed by atoms with Gasteiger partial charge in [0.1, 0.15) is 5.76 Å². The van der Waals surface area contributed by atoms with E-state index in [1.807, 2.05) is 12.1 Å². The number of hydrogen-bond donors (Lipinski definition) is 1. The topological polar surface area (TPSA) is 79.6 Å². The third-order valence-corrected chi connectivity index (χ3v) is 6.64. The molecule has 0 radical (unpaired) electrons. The van der Waals surface area contributed by atoms with E-state index in [-0.39, 0.29) is 18.9 Å². The molecule has 0 atom stereocenters. The molecule has 0 saturated heterocycles. The number of benzene rings is 1. The van der Waals surface area contributed by atoms with Crippen LogP contribution in [0.1, 0.15) is 24.2 Å². The minimum absolute atomic E-state index is 0.0881. The summed E-state index contributed by atoms with van der Waals surface area (Å²) in [6, 6.07) is 8.93. The Balaban J connectivity index is 1.75. The molecule has 2 aromatic rings. The van der Waals surface area contributed by atoms with Crippen molar-refractivity contribution in [2.45, 2.75) is 25.5 Å². The molecule has 1 N–H and O–H groups in total. The third kappa shape index (κ3) is 7.07. The second-order valence-corrected chi connectivity index (χ2v) is 9.72. The molecule has 0 aliphatic heterocycles. The molecule has 1 aromatic carbocycles. The summed E-state index contributed by atoms with van der Waals surface area (Å²) in [5.41, 5.74) is 1.25. The summed E-state index contributed by atoms with van der Waals surface area (Å²) < 4.78 is 30.9. The fourth-order valence-electron chi connectivity index (χ4n) is 2.63. The van der Waals surface area contributed by atoms with Gasteiger partial charge in [0.25, 0.3) is 0 Å². The minimum Gasteiger partial charge on any atom is -0.468 e. The van der Waals surface area contributed by atoms with Crippen LogP contribution < -0.4 is 9.62 Å². The third-order valence-electron chi connectivity index (χ3n) is 4.07. The summed E-state index contributed by atoms with van der Waals surface area (Å²) in [6.45, 7) is 2.57. The highest BCUT2D eigenvalue weighted by Crippen LogP contribution is 2.28. The Labute approximate surface area is 175 Å². The summed E-state index contributed by atoms with van der Waals surface area (Å²) >= 11 is 7.79. The van der Waals surface area contributed by atoms with E-state index in [0.717, 1.165) is 23.5 Å². The molecule has 0 unspecified atom stereocenters. The summed E-state index contributed by atoms with van der Waals surface area (Å²) in [4.78, 5) is 12.0. The molecule has 2 rings (SSSR count). The molecule has 9 heteroatoms. The Kier molecular flexibility index (Phi) is 8.72. The summed E-state index contributed by atoms with van der Waals surface area (Å²) in [7, 11) is -3.47. The fourth-order valence-corrected chi connectivity index (χ4v) is 4.57. The predicted octanol–water partition coefficient (Wildman–Crippen LogP) is 3.84. The molecule has 0 saturated carbocycles. The van der Waals surface area contributed by atoms with Crippen LogP contribution >= 0.6 is 23.4 Å². The van der Waals surface area contributed by atoms with Crippen molar-refractivity contribution in [3.63, 3.8) is 0 Å². The SMILES string of the molecule is Cc1c(Cl)cccc1N(CCCC(=O)NCCSCc1ccco1)S(C)(=O)=O.